The molecule has 0 saturated heterocycles. The summed E-state index contributed by atoms with van der Waals surface area (Å²) in [5.41, 5.74) is 5.88. The lowest BCUT2D eigenvalue weighted by atomic mass is 9.80. The fourth-order valence-corrected chi connectivity index (χ4v) is 3.58. The van der Waals surface area contributed by atoms with Crippen LogP contribution in [0.2, 0.25) is 0 Å². The van der Waals surface area contributed by atoms with Crippen molar-refractivity contribution in [3.05, 3.63) is 77.0 Å². The summed E-state index contributed by atoms with van der Waals surface area (Å²) in [4.78, 5) is 26.2. The van der Waals surface area contributed by atoms with E-state index in [1.165, 1.54) is 0 Å². The van der Waals surface area contributed by atoms with E-state index in [0.29, 0.717) is 5.57 Å². The van der Waals surface area contributed by atoms with Gasteiger partial charge < -0.3 is 9.47 Å². The first-order valence-electron chi connectivity index (χ1n) is 9.50. The number of ether oxygens (including phenoxy) is 2. The van der Waals surface area contributed by atoms with Gasteiger partial charge in [0.2, 0.25) is 5.41 Å². The summed E-state index contributed by atoms with van der Waals surface area (Å²) in [6, 6.07) is 17.4. The molecule has 1 aliphatic rings. The minimum absolute atomic E-state index is 0.186. The van der Waals surface area contributed by atoms with E-state index in [1.807, 2.05) is 61.5 Å². The fraction of sp³-hybridized carbons (Fsp3) is 0.292. The highest BCUT2D eigenvalue weighted by atomic mass is 16.6. The van der Waals surface area contributed by atoms with Crippen molar-refractivity contribution in [3.8, 4) is 0 Å². The maximum atomic E-state index is 13.1. The molecule has 1 aliphatic carbocycles. The molecule has 0 unspecified atom stereocenters. The highest BCUT2D eigenvalue weighted by Gasteiger charge is 2.56. The molecule has 28 heavy (non-hydrogen) atoms. The Labute approximate surface area is 165 Å². The molecule has 0 N–H and O–H groups in total. The van der Waals surface area contributed by atoms with E-state index < -0.39 is 17.4 Å². The number of hydrogen-bond acceptors (Lipinski definition) is 4. The van der Waals surface area contributed by atoms with Gasteiger partial charge in [-0.2, -0.15) is 0 Å². The summed E-state index contributed by atoms with van der Waals surface area (Å²) in [5, 5.41) is 0. The Morgan fingerprint density at radius 2 is 1.50 bits per heavy atom. The molecule has 0 heterocycles. The van der Waals surface area contributed by atoms with Gasteiger partial charge in [0.25, 0.3) is 0 Å². The molecule has 2 aromatic carbocycles. The number of benzene rings is 2. The molecule has 0 aliphatic heterocycles. The summed E-state index contributed by atoms with van der Waals surface area (Å²) in [5.74, 6) is -1.18. The van der Waals surface area contributed by atoms with Gasteiger partial charge in [-0.1, -0.05) is 54.6 Å². The number of hydrogen-bond donors (Lipinski definition) is 0. The van der Waals surface area contributed by atoms with E-state index in [2.05, 4.69) is 5.73 Å². The zero-order valence-corrected chi connectivity index (χ0v) is 16.5. The fourth-order valence-electron chi connectivity index (χ4n) is 3.58. The lowest BCUT2D eigenvalue weighted by molar-refractivity contribution is -0.166. The lowest BCUT2D eigenvalue weighted by Gasteiger charge is -2.25. The number of esters is 2. The Hall–Kier alpha value is -3.10. The van der Waals surface area contributed by atoms with Crippen LogP contribution < -0.4 is 0 Å². The molecule has 0 spiro atoms. The third-order valence-electron chi connectivity index (χ3n) is 4.94. The van der Waals surface area contributed by atoms with Gasteiger partial charge in [-0.15, -0.1) is 5.73 Å². The molecule has 4 nitrogen and oxygen atoms in total. The number of fused-ring (bicyclic) bond motifs is 1. The van der Waals surface area contributed by atoms with Gasteiger partial charge in [-0.25, -0.2) is 0 Å². The van der Waals surface area contributed by atoms with Gasteiger partial charge in [0, 0.05) is 12.0 Å². The van der Waals surface area contributed by atoms with Crippen molar-refractivity contribution in [2.24, 2.45) is 5.41 Å². The van der Waals surface area contributed by atoms with Crippen molar-refractivity contribution >= 4 is 23.1 Å². The van der Waals surface area contributed by atoms with Crippen molar-refractivity contribution in [1.29, 1.82) is 0 Å². The van der Waals surface area contributed by atoms with Crippen LogP contribution in [0.4, 0.5) is 0 Å². The Balaban J connectivity index is 2.30. The normalized spacial score (nSPS) is 14.0. The van der Waals surface area contributed by atoms with Crippen molar-refractivity contribution in [2.75, 3.05) is 13.2 Å². The Morgan fingerprint density at radius 1 is 0.929 bits per heavy atom. The average Bonchev–Trinajstić information content (AvgIpc) is 3.04. The second-order valence-corrected chi connectivity index (χ2v) is 6.67. The highest BCUT2D eigenvalue weighted by Crippen LogP contribution is 2.48. The van der Waals surface area contributed by atoms with Crippen LogP contribution in [0.5, 0.6) is 0 Å². The van der Waals surface area contributed by atoms with E-state index in [0.717, 1.165) is 22.3 Å². The third-order valence-corrected chi connectivity index (χ3v) is 4.94. The van der Waals surface area contributed by atoms with Crippen molar-refractivity contribution < 1.29 is 19.1 Å². The predicted molar refractivity (Wildman–Crippen MR) is 108 cm³/mol. The standard InChI is InChI=1S/C24H24O4/c1-4-27-22(25)24(23(26)28-5-2)16-19-13-9-10-14-20(19)21(24)15-17(3)18-11-7-6-8-12-18/h6-14H,4-5,16H2,1-3H3. The Morgan fingerprint density at radius 3 is 2.11 bits per heavy atom. The molecule has 0 aromatic heterocycles. The van der Waals surface area contributed by atoms with E-state index in [-0.39, 0.29) is 19.6 Å². The molecule has 4 heteroatoms. The van der Waals surface area contributed by atoms with Gasteiger partial charge >= 0.3 is 11.9 Å². The second kappa shape index (κ2) is 8.28. The first-order valence-corrected chi connectivity index (χ1v) is 9.50. The second-order valence-electron chi connectivity index (χ2n) is 6.67. The van der Waals surface area contributed by atoms with Gasteiger partial charge in [0.1, 0.15) is 0 Å². The molecule has 144 valence electrons. The predicted octanol–water partition coefficient (Wildman–Crippen LogP) is 4.44. The molecule has 3 rings (SSSR count). The van der Waals surface area contributed by atoms with Crippen LogP contribution in [0.3, 0.4) is 0 Å². The smallest absolute Gasteiger partial charge is 0.329 e. The maximum absolute atomic E-state index is 13.1. The number of carbonyl (C=O) groups is 2. The quantitative estimate of drug-likeness (QED) is 0.440. The minimum Gasteiger partial charge on any atom is -0.465 e. The van der Waals surface area contributed by atoms with Crippen LogP contribution >= 0.6 is 0 Å². The zero-order chi connectivity index (χ0) is 20.1. The molecule has 0 bridgehead atoms. The monoisotopic (exact) mass is 376 g/mol. The molecule has 0 amide bonds. The van der Waals surface area contributed by atoms with E-state index >= 15 is 0 Å². The van der Waals surface area contributed by atoms with Crippen LogP contribution in [0, 0.1) is 5.41 Å². The lowest BCUT2D eigenvalue weighted by Crippen LogP contribution is -2.42. The summed E-state index contributed by atoms with van der Waals surface area (Å²) >= 11 is 0. The molecular formula is C24H24O4. The SMILES string of the molecule is CCOC(=O)C1(C(=O)OCC)Cc2ccccc2C1=C=C(C)c1ccccc1. The van der Waals surface area contributed by atoms with Gasteiger partial charge in [0.15, 0.2) is 0 Å². The molecule has 0 saturated carbocycles. The largest absolute Gasteiger partial charge is 0.465 e. The van der Waals surface area contributed by atoms with Gasteiger partial charge in [-0.05, 0) is 43.0 Å². The number of rotatable bonds is 5. The number of carbonyl (C=O) groups excluding carboxylic acids is 2. The van der Waals surface area contributed by atoms with Gasteiger partial charge in [-0.3, -0.25) is 9.59 Å². The van der Waals surface area contributed by atoms with E-state index in [4.69, 9.17) is 9.47 Å². The molecule has 0 atom stereocenters. The molecule has 0 radical (unpaired) electrons. The Kier molecular flexibility index (Phi) is 5.81. The maximum Gasteiger partial charge on any atom is 0.329 e. The minimum atomic E-state index is -1.54. The summed E-state index contributed by atoms with van der Waals surface area (Å²) in [6.07, 6.45) is 0.214. The van der Waals surface area contributed by atoms with Gasteiger partial charge in [0.05, 0.1) is 13.2 Å². The van der Waals surface area contributed by atoms with Crippen LogP contribution in [0.1, 0.15) is 37.5 Å². The van der Waals surface area contributed by atoms with E-state index in [1.54, 1.807) is 13.8 Å². The third kappa shape index (κ3) is 3.39. The van der Waals surface area contributed by atoms with Crippen molar-refractivity contribution in [3.63, 3.8) is 0 Å². The van der Waals surface area contributed by atoms with Crippen molar-refractivity contribution in [2.45, 2.75) is 27.2 Å². The average molecular weight is 376 g/mol. The highest BCUT2D eigenvalue weighted by molar-refractivity contribution is 6.14. The van der Waals surface area contributed by atoms with E-state index in [9.17, 15) is 9.59 Å². The topological polar surface area (TPSA) is 52.6 Å². The van der Waals surface area contributed by atoms with Crippen LogP contribution in [0.15, 0.2) is 60.3 Å². The molecular weight excluding hydrogens is 352 g/mol. The molecule has 2 aromatic rings. The van der Waals surface area contributed by atoms with Crippen LogP contribution in [-0.4, -0.2) is 25.2 Å². The summed E-state index contributed by atoms with van der Waals surface area (Å²) in [6.45, 7) is 5.75. The first kappa shape index (κ1) is 19.7. The first-order chi connectivity index (χ1) is 13.5. The summed E-state index contributed by atoms with van der Waals surface area (Å²) < 4.78 is 10.7. The zero-order valence-electron chi connectivity index (χ0n) is 16.5. The van der Waals surface area contributed by atoms with Crippen LogP contribution in [-0.2, 0) is 25.5 Å². The summed E-state index contributed by atoms with van der Waals surface area (Å²) in [7, 11) is 0. The van der Waals surface area contributed by atoms with Crippen molar-refractivity contribution in [1.82, 2.24) is 0 Å². The Bertz CT molecular complexity index is 932. The van der Waals surface area contributed by atoms with Crippen LogP contribution in [0.25, 0.3) is 11.1 Å². The molecule has 0 fully saturated rings.